The molecule has 5 heteroatoms. The monoisotopic (exact) mass is 641 g/mol. The molecule has 0 N–H and O–H groups in total. The maximum Gasteiger partial charge on any atom is 0.164 e. The summed E-state index contributed by atoms with van der Waals surface area (Å²) in [6.07, 6.45) is 0. The summed E-state index contributed by atoms with van der Waals surface area (Å²) in [5.74, 6) is 1.76. The van der Waals surface area contributed by atoms with Gasteiger partial charge in [-0.25, -0.2) is 15.0 Å². The van der Waals surface area contributed by atoms with E-state index in [1.165, 1.54) is 0 Å². The van der Waals surface area contributed by atoms with E-state index in [1.54, 1.807) is 0 Å². The van der Waals surface area contributed by atoms with Gasteiger partial charge >= 0.3 is 0 Å². The van der Waals surface area contributed by atoms with Crippen molar-refractivity contribution in [3.63, 3.8) is 0 Å². The summed E-state index contributed by atoms with van der Waals surface area (Å²) in [6, 6.07) is 55.8. The van der Waals surface area contributed by atoms with Gasteiger partial charge in [0.05, 0.1) is 0 Å². The van der Waals surface area contributed by atoms with Crippen molar-refractivity contribution >= 4 is 43.9 Å². The second kappa shape index (κ2) is 11.4. The van der Waals surface area contributed by atoms with Crippen molar-refractivity contribution in [1.82, 2.24) is 15.0 Å². The number of fused-ring (bicyclic) bond motifs is 6. The molecule has 0 radical (unpaired) electrons. The van der Waals surface area contributed by atoms with Crippen LogP contribution < -0.4 is 0 Å². The van der Waals surface area contributed by atoms with Crippen molar-refractivity contribution in [3.05, 3.63) is 164 Å². The predicted molar refractivity (Wildman–Crippen MR) is 202 cm³/mol. The number of furan rings is 2. The third kappa shape index (κ3) is 4.75. The fourth-order valence-corrected chi connectivity index (χ4v) is 6.89. The zero-order valence-electron chi connectivity index (χ0n) is 26.7. The molecular formula is C45H27N3O2. The molecule has 0 saturated heterocycles. The molecule has 10 aromatic rings. The van der Waals surface area contributed by atoms with Crippen LogP contribution >= 0.6 is 0 Å². The zero-order chi connectivity index (χ0) is 33.0. The van der Waals surface area contributed by atoms with Crippen LogP contribution in [0.3, 0.4) is 0 Å². The van der Waals surface area contributed by atoms with Gasteiger partial charge in [0, 0.05) is 38.2 Å². The second-order valence-corrected chi connectivity index (χ2v) is 12.4. The lowest BCUT2D eigenvalue weighted by atomic mass is 10.0. The fourth-order valence-electron chi connectivity index (χ4n) is 6.89. The number of nitrogens with zero attached hydrogens (tertiary/aromatic N) is 3. The Kier molecular flexibility index (Phi) is 6.42. The summed E-state index contributed by atoms with van der Waals surface area (Å²) in [4.78, 5) is 15.3. The molecule has 0 aliphatic heterocycles. The predicted octanol–water partition coefficient (Wildman–Crippen LogP) is 12.0. The molecule has 7 aromatic carbocycles. The van der Waals surface area contributed by atoms with Gasteiger partial charge in [-0.2, -0.15) is 0 Å². The first-order chi connectivity index (χ1) is 24.7. The minimum atomic E-state index is 0.579. The van der Waals surface area contributed by atoms with Gasteiger partial charge in [0.1, 0.15) is 22.3 Å². The second-order valence-electron chi connectivity index (χ2n) is 12.4. The molecular weight excluding hydrogens is 615 g/mol. The summed E-state index contributed by atoms with van der Waals surface area (Å²) in [5.41, 5.74) is 10.5. The van der Waals surface area contributed by atoms with Crippen LogP contribution in [0.5, 0.6) is 0 Å². The number of benzene rings is 7. The van der Waals surface area contributed by atoms with E-state index >= 15 is 0 Å². The molecule has 3 heterocycles. The van der Waals surface area contributed by atoms with Crippen LogP contribution in [0.1, 0.15) is 0 Å². The van der Waals surface area contributed by atoms with Crippen LogP contribution in [0.2, 0.25) is 0 Å². The average Bonchev–Trinajstić information content (AvgIpc) is 3.76. The van der Waals surface area contributed by atoms with Gasteiger partial charge in [-0.3, -0.25) is 0 Å². The van der Waals surface area contributed by atoms with Crippen LogP contribution in [-0.4, -0.2) is 15.0 Å². The number of aromatic nitrogens is 3. The Balaban J connectivity index is 1.18. The maximum atomic E-state index is 6.38. The highest BCUT2D eigenvalue weighted by Crippen LogP contribution is 2.39. The largest absolute Gasteiger partial charge is 0.456 e. The van der Waals surface area contributed by atoms with Crippen molar-refractivity contribution in [1.29, 1.82) is 0 Å². The van der Waals surface area contributed by atoms with Crippen molar-refractivity contribution in [2.75, 3.05) is 0 Å². The summed E-state index contributed by atoms with van der Waals surface area (Å²) in [6.45, 7) is 0. The first kappa shape index (κ1) is 28.2. The van der Waals surface area contributed by atoms with Crippen LogP contribution in [0.25, 0.3) is 100 Å². The van der Waals surface area contributed by atoms with Crippen molar-refractivity contribution in [2.45, 2.75) is 0 Å². The molecule has 0 fully saturated rings. The Morgan fingerprint density at radius 1 is 0.300 bits per heavy atom. The summed E-state index contributed by atoms with van der Waals surface area (Å²) >= 11 is 0. The molecule has 0 amide bonds. The Morgan fingerprint density at radius 3 is 1.38 bits per heavy atom. The van der Waals surface area contributed by atoms with Crippen LogP contribution in [0, 0.1) is 0 Å². The van der Waals surface area contributed by atoms with Crippen molar-refractivity contribution in [3.8, 4) is 56.4 Å². The molecule has 5 nitrogen and oxygen atoms in total. The molecule has 0 aliphatic rings. The molecule has 0 saturated carbocycles. The van der Waals surface area contributed by atoms with Gasteiger partial charge < -0.3 is 8.83 Å². The quantitative estimate of drug-likeness (QED) is 0.187. The fraction of sp³-hybridized carbons (Fsp3) is 0. The van der Waals surface area contributed by atoms with E-state index in [9.17, 15) is 0 Å². The van der Waals surface area contributed by atoms with E-state index in [1.807, 2.05) is 78.9 Å². The Morgan fingerprint density at radius 2 is 0.760 bits per heavy atom. The van der Waals surface area contributed by atoms with Gasteiger partial charge in [0.25, 0.3) is 0 Å². The summed E-state index contributed by atoms with van der Waals surface area (Å²) in [7, 11) is 0. The highest BCUT2D eigenvalue weighted by molar-refractivity contribution is 6.13. The number of rotatable bonds is 5. The molecule has 3 aromatic heterocycles. The Bertz CT molecular complexity index is 2860. The van der Waals surface area contributed by atoms with Gasteiger partial charge in [-0.05, 0) is 70.8 Å². The topological polar surface area (TPSA) is 65.0 Å². The third-order valence-corrected chi connectivity index (χ3v) is 9.35. The average molecular weight is 642 g/mol. The van der Waals surface area contributed by atoms with E-state index in [4.69, 9.17) is 23.8 Å². The van der Waals surface area contributed by atoms with E-state index in [0.29, 0.717) is 17.5 Å². The molecule has 0 bridgehead atoms. The van der Waals surface area contributed by atoms with E-state index < -0.39 is 0 Å². The Hall–Kier alpha value is -6.85. The lowest BCUT2D eigenvalue weighted by Crippen LogP contribution is -2.00. The third-order valence-electron chi connectivity index (χ3n) is 9.35. The first-order valence-corrected chi connectivity index (χ1v) is 16.6. The molecule has 0 spiro atoms. The van der Waals surface area contributed by atoms with Crippen LogP contribution in [0.15, 0.2) is 173 Å². The highest BCUT2D eigenvalue weighted by Gasteiger charge is 2.19. The van der Waals surface area contributed by atoms with Crippen molar-refractivity contribution in [2.24, 2.45) is 0 Å². The number of hydrogen-bond acceptors (Lipinski definition) is 5. The van der Waals surface area contributed by atoms with Crippen LogP contribution in [0.4, 0.5) is 0 Å². The maximum absolute atomic E-state index is 6.38. The highest BCUT2D eigenvalue weighted by atomic mass is 16.3. The van der Waals surface area contributed by atoms with Gasteiger partial charge in [-0.1, -0.05) is 115 Å². The SMILES string of the molecule is c1ccc(-c2ccc3oc4ccc(-c5nc(-c6ccccc6)nc(-c6cccc7oc8ccc(-c9ccccc9)cc8c67)n5)cc4c3c2)cc1. The Labute approximate surface area is 287 Å². The van der Waals surface area contributed by atoms with Gasteiger partial charge in [0.2, 0.25) is 0 Å². The lowest BCUT2D eigenvalue weighted by molar-refractivity contribution is 0.668. The molecule has 234 valence electrons. The van der Waals surface area contributed by atoms with E-state index in [-0.39, 0.29) is 0 Å². The summed E-state index contributed by atoms with van der Waals surface area (Å²) in [5, 5.41) is 4.04. The van der Waals surface area contributed by atoms with E-state index in [2.05, 4.69) is 84.9 Å². The normalized spacial score (nSPS) is 11.6. The minimum Gasteiger partial charge on any atom is -0.456 e. The summed E-state index contributed by atoms with van der Waals surface area (Å²) < 4.78 is 12.7. The lowest BCUT2D eigenvalue weighted by Gasteiger charge is -2.09. The molecule has 50 heavy (non-hydrogen) atoms. The van der Waals surface area contributed by atoms with Crippen molar-refractivity contribution < 1.29 is 8.83 Å². The molecule has 0 atom stereocenters. The van der Waals surface area contributed by atoms with E-state index in [0.717, 1.165) is 82.8 Å². The van der Waals surface area contributed by atoms with Gasteiger partial charge in [-0.15, -0.1) is 0 Å². The zero-order valence-corrected chi connectivity index (χ0v) is 26.7. The molecule has 10 rings (SSSR count). The molecule has 0 aliphatic carbocycles. The standard InChI is InChI=1S/C45H27N3O2/c1-4-11-28(12-5-1)31-19-22-38-35(25-31)36-27-33(21-24-39(36)49-38)44-46-43(30-15-8-3-9-16-30)47-45(48-44)34-17-10-18-41-42(34)37-26-32(20-23-40(37)50-41)29-13-6-2-7-14-29/h1-27H. The molecule has 0 unspecified atom stereocenters. The van der Waals surface area contributed by atoms with Gasteiger partial charge in [0.15, 0.2) is 17.5 Å². The first-order valence-electron chi connectivity index (χ1n) is 16.6. The smallest absolute Gasteiger partial charge is 0.164 e. The van der Waals surface area contributed by atoms with Crippen LogP contribution in [-0.2, 0) is 0 Å². The number of hydrogen-bond donors (Lipinski definition) is 0. The minimum absolute atomic E-state index is 0.579.